The Labute approximate surface area is 89.1 Å². The van der Waals surface area contributed by atoms with Crippen molar-refractivity contribution in [2.45, 2.75) is 39.3 Å². The number of likely N-dealkylation sites (N-methyl/N-ethyl adjacent to an activating group) is 1. The van der Waals surface area contributed by atoms with Crippen LogP contribution in [0.1, 0.15) is 25.6 Å². The fourth-order valence-corrected chi connectivity index (χ4v) is 1.96. The molecule has 0 fully saturated rings. The lowest BCUT2D eigenvalue weighted by atomic mass is 10.2. The van der Waals surface area contributed by atoms with Gasteiger partial charge in [0.25, 0.3) is 0 Å². The third kappa shape index (κ3) is 2.12. The second kappa shape index (κ2) is 4.61. The average molecular weight is 210 g/mol. The third-order valence-corrected chi connectivity index (χ3v) is 2.78. The fraction of sp³-hybridized carbons (Fsp3) is 0.800. The van der Waals surface area contributed by atoms with Crippen molar-refractivity contribution in [3.8, 4) is 0 Å². The van der Waals surface area contributed by atoms with Gasteiger partial charge < -0.3 is 5.32 Å². The average Bonchev–Trinajstić information content (AvgIpc) is 2.57. The van der Waals surface area contributed by atoms with Crippen molar-refractivity contribution in [3.63, 3.8) is 0 Å². The summed E-state index contributed by atoms with van der Waals surface area (Å²) in [5.74, 6) is 0.961. The van der Waals surface area contributed by atoms with Crippen molar-refractivity contribution in [1.82, 2.24) is 19.7 Å². The van der Waals surface area contributed by atoms with Gasteiger partial charge >= 0.3 is 5.69 Å². The number of rotatable bonds is 4. The highest BCUT2D eigenvalue weighted by Crippen LogP contribution is 2.08. The number of nitrogens with zero attached hydrogens (tertiary/aromatic N) is 3. The molecule has 0 spiro atoms. The molecule has 84 valence electrons. The molecule has 0 bridgehead atoms. The van der Waals surface area contributed by atoms with E-state index in [-0.39, 0.29) is 5.69 Å². The van der Waals surface area contributed by atoms with Crippen molar-refractivity contribution in [1.29, 1.82) is 0 Å². The summed E-state index contributed by atoms with van der Waals surface area (Å²) in [6, 6.07) is 0. The summed E-state index contributed by atoms with van der Waals surface area (Å²) in [4.78, 5) is 11.8. The summed E-state index contributed by atoms with van der Waals surface area (Å²) in [7, 11) is 0. The highest BCUT2D eigenvalue weighted by Gasteiger charge is 2.15. The molecule has 0 aliphatic carbocycles. The molecule has 1 aliphatic heterocycles. The zero-order valence-corrected chi connectivity index (χ0v) is 9.20. The van der Waals surface area contributed by atoms with Gasteiger partial charge in [0, 0.05) is 19.5 Å². The van der Waals surface area contributed by atoms with Crippen LogP contribution in [0.5, 0.6) is 0 Å². The summed E-state index contributed by atoms with van der Waals surface area (Å²) >= 11 is 0. The van der Waals surface area contributed by atoms with E-state index in [4.69, 9.17) is 0 Å². The molecule has 0 amide bonds. The molecule has 5 heteroatoms. The van der Waals surface area contributed by atoms with Gasteiger partial charge in [0.15, 0.2) is 0 Å². The first-order valence-corrected chi connectivity index (χ1v) is 5.70. The molecule has 1 aliphatic rings. The van der Waals surface area contributed by atoms with E-state index in [1.807, 2.05) is 4.57 Å². The Balaban J connectivity index is 2.11. The van der Waals surface area contributed by atoms with Gasteiger partial charge in [-0.15, -0.1) is 0 Å². The number of aryl methyl sites for hydroxylation is 1. The van der Waals surface area contributed by atoms with Gasteiger partial charge in [-0.3, -0.25) is 4.57 Å². The van der Waals surface area contributed by atoms with Crippen LogP contribution in [0.25, 0.3) is 0 Å². The molecular formula is C10H18N4O. The third-order valence-electron chi connectivity index (χ3n) is 2.78. The minimum absolute atomic E-state index is 0.0580. The maximum Gasteiger partial charge on any atom is 0.345 e. The highest BCUT2D eigenvalue weighted by molar-refractivity contribution is 4.91. The van der Waals surface area contributed by atoms with Crippen molar-refractivity contribution in [2.75, 3.05) is 13.1 Å². The normalized spacial score (nSPS) is 15.3. The van der Waals surface area contributed by atoms with E-state index in [2.05, 4.69) is 17.3 Å². The van der Waals surface area contributed by atoms with E-state index < -0.39 is 0 Å². The first-order valence-electron chi connectivity index (χ1n) is 5.70. The molecule has 1 N–H and O–H groups in total. The van der Waals surface area contributed by atoms with Gasteiger partial charge in [0.2, 0.25) is 0 Å². The van der Waals surface area contributed by atoms with Crippen LogP contribution in [0.2, 0.25) is 0 Å². The number of hydrogen-bond acceptors (Lipinski definition) is 3. The van der Waals surface area contributed by atoms with Crippen LogP contribution in [0, 0.1) is 0 Å². The molecule has 1 aromatic heterocycles. The van der Waals surface area contributed by atoms with Crippen molar-refractivity contribution in [2.24, 2.45) is 0 Å². The lowest BCUT2D eigenvalue weighted by molar-refractivity contribution is 0.509. The second-order valence-corrected chi connectivity index (χ2v) is 3.88. The zero-order chi connectivity index (χ0) is 10.7. The Morgan fingerprint density at radius 2 is 2.33 bits per heavy atom. The van der Waals surface area contributed by atoms with E-state index >= 15 is 0 Å². The van der Waals surface area contributed by atoms with Gasteiger partial charge in [-0.05, 0) is 19.4 Å². The van der Waals surface area contributed by atoms with Crippen molar-refractivity contribution >= 4 is 0 Å². The molecule has 0 atom stereocenters. The van der Waals surface area contributed by atoms with E-state index in [0.29, 0.717) is 6.54 Å². The van der Waals surface area contributed by atoms with Crippen LogP contribution >= 0.6 is 0 Å². The Hall–Kier alpha value is -1.10. The lowest BCUT2D eigenvalue weighted by Gasteiger charge is -2.09. The summed E-state index contributed by atoms with van der Waals surface area (Å²) in [6.45, 7) is 5.32. The van der Waals surface area contributed by atoms with Crippen LogP contribution in [0.4, 0.5) is 0 Å². The number of aromatic nitrogens is 3. The van der Waals surface area contributed by atoms with Gasteiger partial charge in [0.05, 0.1) is 6.54 Å². The largest absolute Gasteiger partial charge is 0.345 e. The molecule has 0 saturated carbocycles. The minimum atomic E-state index is 0.0580. The Morgan fingerprint density at radius 1 is 1.47 bits per heavy atom. The number of nitrogens with one attached hydrogen (secondary N) is 1. The number of hydrogen-bond donors (Lipinski definition) is 1. The molecule has 2 heterocycles. The molecule has 0 unspecified atom stereocenters. The summed E-state index contributed by atoms with van der Waals surface area (Å²) in [5.41, 5.74) is 0.0580. The van der Waals surface area contributed by atoms with Crippen molar-refractivity contribution in [3.05, 3.63) is 16.3 Å². The van der Waals surface area contributed by atoms with Crippen LogP contribution in [-0.2, 0) is 19.5 Å². The van der Waals surface area contributed by atoms with Crippen LogP contribution in [0.15, 0.2) is 4.79 Å². The molecule has 5 nitrogen and oxygen atoms in total. The first kappa shape index (κ1) is 10.4. The summed E-state index contributed by atoms with van der Waals surface area (Å²) < 4.78 is 3.40. The molecule has 0 radical (unpaired) electrons. The molecule has 1 aromatic rings. The highest BCUT2D eigenvalue weighted by atomic mass is 16.2. The molecule has 2 rings (SSSR count). The zero-order valence-electron chi connectivity index (χ0n) is 9.20. The SMILES string of the molecule is CCNCCn1nc2n(c1=O)CCCC2. The number of fused-ring (bicyclic) bond motifs is 1. The first-order chi connectivity index (χ1) is 7.33. The van der Waals surface area contributed by atoms with E-state index in [0.717, 1.165) is 44.7 Å². The minimum Gasteiger partial charge on any atom is -0.315 e. The maximum atomic E-state index is 11.8. The summed E-state index contributed by atoms with van der Waals surface area (Å²) in [5, 5.41) is 7.54. The van der Waals surface area contributed by atoms with E-state index in [1.54, 1.807) is 4.68 Å². The molecule has 15 heavy (non-hydrogen) atoms. The van der Waals surface area contributed by atoms with Crippen LogP contribution in [-0.4, -0.2) is 27.4 Å². The smallest absolute Gasteiger partial charge is 0.315 e. The molecule has 0 aromatic carbocycles. The lowest BCUT2D eigenvalue weighted by Crippen LogP contribution is -2.30. The standard InChI is InChI=1S/C10H18N4O/c1-2-11-6-8-14-10(15)13-7-4-3-5-9(13)12-14/h11H,2-8H2,1H3. The fourth-order valence-electron chi connectivity index (χ4n) is 1.96. The van der Waals surface area contributed by atoms with Gasteiger partial charge in [-0.1, -0.05) is 6.92 Å². The van der Waals surface area contributed by atoms with Gasteiger partial charge in [-0.2, -0.15) is 5.10 Å². The summed E-state index contributed by atoms with van der Waals surface area (Å²) in [6.07, 6.45) is 3.21. The maximum absolute atomic E-state index is 11.8. The van der Waals surface area contributed by atoms with Crippen molar-refractivity contribution < 1.29 is 0 Å². The van der Waals surface area contributed by atoms with Crippen LogP contribution < -0.4 is 11.0 Å². The monoisotopic (exact) mass is 210 g/mol. The predicted molar refractivity (Wildman–Crippen MR) is 58.0 cm³/mol. The van der Waals surface area contributed by atoms with Gasteiger partial charge in [-0.25, -0.2) is 9.48 Å². The predicted octanol–water partition coefficient (Wildman–Crippen LogP) is -0.00940. The second-order valence-electron chi connectivity index (χ2n) is 3.88. The Bertz CT molecular complexity index is 379. The molecular weight excluding hydrogens is 192 g/mol. The van der Waals surface area contributed by atoms with Crippen LogP contribution in [0.3, 0.4) is 0 Å². The Morgan fingerprint density at radius 3 is 3.07 bits per heavy atom. The van der Waals surface area contributed by atoms with Gasteiger partial charge in [0.1, 0.15) is 5.82 Å². The molecule has 0 saturated heterocycles. The van der Waals surface area contributed by atoms with E-state index in [9.17, 15) is 4.79 Å². The quantitative estimate of drug-likeness (QED) is 0.711. The Kier molecular flexibility index (Phi) is 3.20. The topological polar surface area (TPSA) is 51.9 Å². The van der Waals surface area contributed by atoms with E-state index in [1.165, 1.54) is 0 Å².